The maximum Gasteiger partial charge on any atom is 0.252 e. The van der Waals surface area contributed by atoms with Crippen LogP contribution in [0.25, 0.3) is 0 Å². The van der Waals surface area contributed by atoms with Crippen molar-refractivity contribution in [3.63, 3.8) is 0 Å². The van der Waals surface area contributed by atoms with Crippen molar-refractivity contribution >= 4 is 29.1 Å². The van der Waals surface area contributed by atoms with Crippen LogP contribution in [0.15, 0.2) is 42.6 Å². The Morgan fingerprint density at radius 2 is 1.93 bits per heavy atom. The zero-order valence-electron chi connectivity index (χ0n) is 16.4. The van der Waals surface area contributed by atoms with Crippen molar-refractivity contribution in [2.45, 2.75) is 13.3 Å². The Hall–Kier alpha value is -3.26. The summed E-state index contributed by atoms with van der Waals surface area (Å²) in [5, 5.41) is 2.85. The molecule has 0 bridgehead atoms. The van der Waals surface area contributed by atoms with E-state index >= 15 is 0 Å². The summed E-state index contributed by atoms with van der Waals surface area (Å²) in [5.41, 5.74) is 7.05. The number of nitrogens with zero attached hydrogens (tertiary/aromatic N) is 3. The van der Waals surface area contributed by atoms with Crippen LogP contribution in [0, 0.1) is 0 Å². The van der Waals surface area contributed by atoms with Gasteiger partial charge in [-0.15, -0.1) is 0 Å². The van der Waals surface area contributed by atoms with Crippen molar-refractivity contribution < 1.29 is 14.4 Å². The van der Waals surface area contributed by atoms with Crippen LogP contribution in [0.5, 0.6) is 0 Å². The van der Waals surface area contributed by atoms with Crippen LogP contribution in [0.2, 0.25) is 0 Å². The molecule has 2 amide bonds. The molecular weight excluding hydrogens is 370 g/mol. The Morgan fingerprint density at radius 3 is 2.69 bits per heavy atom. The SMILES string of the molecule is CC(=O)c1cccc(NC(=O)CN2CCCN(c3ncccc3C(N)=O)CC2)c1. The van der Waals surface area contributed by atoms with Crippen molar-refractivity contribution in [1.82, 2.24) is 9.88 Å². The van der Waals surface area contributed by atoms with Gasteiger partial charge in [0.25, 0.3) is 5.91 Å². The Morgan fingerprint density at radius 1 is 1.10 bits per heavy atom. The number of anilines is 2. The number of carbonyl (C=O) groups excluding carboxylic acids is 3. The van der Waals surface area contributed by atoms with Crippen molar-refractivity contribution in [2.75, 3.05) is 42.9 Å². The van der Waals surface area contributed by atoms with Gasteiger partial charge in [-0.3, -0.25) is 19.3 Å². The zero-order valence-corrected chi connectivity index (χ0v) is 16.4. The number of primary amides is 1. The van der Waals surface area contributed by atoms with Crippen molar-refractivity contribution in [1.29, 1.82) is 0 Å². The van der Waals surface area contributed by atoms with Crippen molar-refractivity contribution in [3.05, 3.63) is 53.7 Å². The number of Topliss-reactive ketones (excluding diaryl/α,β-unsaturated/α-hetero) is 1. The van der Waals surface area contributed by atoms with Crippen LogP contribution < -0.4 is 16.0 Å². The van der Waals surface area contributed by atoms with Crippen molar-refractivity contribution in [2.24, 2.45) is 5.73 Å². The number of benzene rings is 1. The molecule has 2 aromatic rings. The lowest BCUT2D eigenvalue weighted by Gasteiger charge is -2.23. The predicted octanol–water partition coefficient (Wildman–Crippen LogP) is 1.53. The largest absolute Gasteiger partial charge is 0.365 e. The predicted molar refractivity (Wildman–Crippen MR) is 111 cm³/mol. The number of nitrogens with two attached hydrogens (primary N) is 1. The van der Waals surface area contributed by atoms with Crippen LogP contribution in [-0.2, 0) is 4.79 Å². The van der Waals surface area contributed by atoms with E-state index in [1.165, 1.54) is 6.92 Å². The van der Waals surface area contributed by atoms with Crippen LogP contribution in [0.1, 0.15) is 34.1 Å². The van der Waals surface area contributed by atoms with Gasteiger partial charge in [0.15, 0.2) is 5.78 Å². The molecule has 0 spiro atoms. The molecule has 0 aliphatic carbocycles. The minimum atomic E-state index is -0.499. The summed E-state index contributed by atoms with van der Waals surface area (Å²) >= 11 is 0. The lowest BCUT2D eigenvalue weighted by atomic mass is 10.1. The lowest BCUT2D eigenvalue weighted by Crippen LogP contribution is -2.37. The minimum absolute atomic E-state index is 0.0430. The van der Waals surface area contributed by atoms with Gasteiger partial charge in [0.2, 0.25) is 5.91 Å². The van der Waals surface area contributed by atoms with Gasteiger partial charge in [0.05, 0.1) is 12.1 Å². The Kier molecular flexibility index (Phi) is 6.56. The number of nitrogens with one attached hydrogen (secondary N) is 1. The summed E-state index contributed by atoms with van der Waals surface area (Å²) in [6, 6.07) is 10.3. The molecule has 29 heavy (non-hydrogen) atoms. The van der Waals surface area contributed by atoms with E-state index in [-0.39, 0.29) is 18.2 Å². The highest BCUT2D eigenvalue weighted by Gasteiger charge is 2.21. The van der Waals surface area contributed by atoms with Gasteiger partial charge in [-0.2, -0.15) is 0 Å². The first kappa shape index (κ1) is 20.5. The molecule has 1 fully saturated rings. The summed E-state index contributed by atoms with van der Waals surface area (Å²) in [7, 11) is 0. The quantitative estimate of drug-likeness (QED) is 0.718. The Bertz CT molecular complexity index is 915. The van der Waals surface area contributed by atoms with Crippen LogP contribution in [-0.4, -0.2) is 60.2 Å². The maximum absolute atomic E-state index is 12.4. The fourth-order valence-corrected chi connectivity index (χ4v) is 3.40. The topological polar surface area (TPSA) is 109 Å². The summed E-state index contributed by atoms with van der Waals surface area (Å²) in [6.45, 7) is 4.55. The van der Waals surface area contributed by atoms with Crippen molar-refractivity contribution in [3.8, 4) is 0 Å². The number of hydrogen-bond donors (Lipinski definition) is 2. The second kappa shape index (κ2) is 9.29. The first-order valence-corrected chi connectivity index (χ1v) is 9.57. The second-order valence-corrected chi connectivity index (χ2v) is 7.04. The molecular formula is C21H25N5O3. The molecule has 1 aliphatic heterocycles. The standard InChI is InChI=1S/C21H25N5O3/c1-15(27)16-5-2-6-17(13-16)24-19(28)14-25-9-4-10-26(12-11-25)21-18(20(22)29)7-3-8-23-21/h2-3,5-8,13H,4,9-12,14H2,1H3,(H2,22,29)(H,24,28). The molecule has 0 atom stereocenters. The Balaban J connectivity index is 1.59. The molecule has 0 unspecified atom stereocenters. The smallest absolute Gasteiger partial charge is 0.252 e. The number of carbonyl (C=O) groups is 3. The normalized spacial score (nSPS) is 14.9. The van der Waals surface area contributed by atoms with Crippen LogP contribution in [0.4, 0.5) is 11.5 Å². The van der Waals surface area contributed by atoms with Gasteiger partial charge in [-0.1, -0.05) is 12.1 Å². The fraction of sp³-hybridized carbons (Fsp3) is 0.333. The third-order valence-corrected chi connectivity index (χ3v) is 4.86. The van der Waals surface area contributed by atoms with Gasteiger partial charge in [-0.25, -0.2) is 4.98 Å². The van der Waals surface area contributed by atoms with Crippen LogP contribution in [0.3, 0.4) is 0 Å². The Labute approximate surface area is 169 Å². The highest BCUT2D eigenvalue weighted by molar-refractivity contribution is 5.98. The van der Waals surface area contributed by atoms with E-state index < -0.39 is 5.91 Å². The van der Waals surface area contributed by atoms with E-state index in [2.05, 4.69) is 15.2 Å². The van der Waals surface area contributed by atoms with E-state index in [4.69, 9.17) is 5.73 Å². The van der Waals surface area contributed by atoms with E-state index in [1.807, 2.05) is 4.90 Å². The molecule has 1 aliphatic rings. The van der Waals surface area contributed by atoms with E-state index in [1.54, 1.807) is 42.6 Å². The molecule has 8 nitrogen and oxygen atoms in total. The average molecular weight is 395 g/mol. The third kappa shape index (κ3) is 5.39. The van der Waals surface area contributed by atoms with Gasteiger partial charge in [-0.05, 0) is 37.6 Å². The highest BCUT2D eigenvalue weighted by atomic mass is 16.2. The maximum atomic E-state index is 12.4. The lowest BCUT2D eigenvalue weighted by molar-refractivity contribution is -0.117. The molecule has 2 heterocycles. The van der Waals surface area contributed by atoms with Gasteiger partial charge in [0, 0.05) is 43.6 Å². The van der Waals surface area contributed by atoms with Gasteiger partial charge in [0.1, 0.15) is 5.82 Å². The fourth-order valence-electron chi connectivity index (χ4n) is 3.40. The number of aromatic nitrogens is 1. The number of hydrogen-bond acceptors (Lipinski definition) is 6. The molecule has 1 saturated heterocycles. The zero-order chi connectivity index (χ0) is 20.8. The molecule has 1 aromatic carbocycles. The minimum Gasteiger partial charge on any atom is -0.365 e. The average Bonchev–Trinajstić information content (AvgIpc) is 2.93. The number of ketones is 1. The van der Waals surface area contributed by atoms with E-state index in [9.17, 15) is 14.4 Å². The molecule has 3 N–H and O–H groups in total. The molecule has 8 heteroatoms. The highest BCUT2D eigenvalue weighted by Crippen LogP contribution is 2.19. The molecule has 0 radical (unpaired) electrons. The summed E-state index contributed by atoms with van der Waals surface area (Å²) in [6.07, 6.45) is 2.48. The van der Waals surface area contributed by atoms with E-state index in [0.717, 1.165) is 19.5 Å². The summed E-state index contributed by atoms with van der Waals surface area (Å²) in [4.78, 5) is 44.0. The van der Waals surface area contributed by atoms with Gasteiger partial charge < -0.3 is 16.0 Å². The third-order valence-electron chi connectivity index (χ3n) is 4.86. The number of pyridine rings is 1. The van der Waals surface area contributed by atoms with Gasteiger partial charge >= 0.3 is 0 Å². The first-order valence-electron chi connectivity index (χ1n) is 9.57. The first-order chi connectivity index (χ1) is 13.9. The molecule has 0 saturated carbocycles. The van der Waals surface area contributed by atoms with Crippen LogP contribution >= 0.6 is 0 Å². The number of rotatable bonds is 6. The second-order valence-electron chi connectivity index (χ2n) is 7.04. The summed E-state index contributed by atoms with van der Waals surface area (Å²) in [5.74, 6) is -0.0814. The summed E-state index contributed by atoms with van der Waals surface area (Å²) < 4.78 is 0. The number of amides is 2. The molecule has 1 aromatic heterocycles. The van der Waals surface area contributed by atoms with E-state index in [0.29, 0.717) is 35.7 Å². The monoisotopic (exact) mass is 395 g/mol. The molecule has 3 rings (SSSR count). The molecule has 152 valence electrons.